The van der Waals surface area contributed by atoms with Gasteiger partial charge in [-0.2, -0.15) is 0 Å². The molecule has 2 aromatic carbocycles. The van der Waals surface area contributed by atoms with Gasteiger partial charge in [0, 0.05) is 11.6 Å². The number of aliphatic hydroxyl groups excluding tert-OH is 1. The van der Waals surface area contributed by atoms with Crippen molar-refractivity contribution in [2.75, 3.05) is 6.61 Å². The van der Waals surface area contributed by atoms with Crippen LogP contribution in [0.5, 0.6) is 5.75 Å². The zero-order valence-corrected chi connectivity index (χ0v) is 10.9. The Morgan fingerprint density at radius 2 is 1.90 bits per heavy atom. The van der Waals surface area contributed by atoms with E-state index in [9.17, 15) is 13.2 Å². The van der Waals surface area contributed by atoms with Gasteiger partial charge in [-0.3, -0.25) is 0 Å². The van der Waals surface area contributed by atoms with Crippen LogP contribution in [0.1, 0.15) is 11.1 Å². The molecule has 21 heavy (non-hydrogen) atoms. The second kappa shape index (κ2) is 6.82. The third-order valence-electron chi connectivity index (χ3n) is 2.66. The highest BCUT2D eigenvalue weighted by Gasteiger charge is 2.10. The van der Waals surface area contributed by atoms with E-state index in [0.717, 1.165) is 12.1 Å². The summed E-state index contributed by atoms with van der Waals surface area (Å²) >= 11 is 0. The average molecular weight is 292 g/mol. The van der Waals surface area contributed by atoms with E-state index in [4.69, 9.17) is 9.84 Å². The van der Waals surface area contributed by atoms with Crippen LogP contribution < -0.4 is 4.74 Å². The molecule has 2 rings (SSSR count). The van der Waals surface area contributed by atoms with Crippen molar-refractivity contribution < 1.29 is 23.0 Å². The van der Waals surface area contributed by atoms with E-state index < -0.39 is 17.5 Å². The van der Waals surface area contributed by atoms with Crippen molar-refractivity contribution in [3.63, 3.8) is 0 Å². The average Bonchev–Trinajstić information content (AvgIpc) is 2.48. The molecule has 0 bridgehead atoms. The number of halogens is 3. The van der Waals surface area contributed by atoms with Gasteiger partial charge in [0.25, 0.3) is 0 Å². The molecule has 0 aromatic heterocycles. The Hall–Kier alpha value is -2.45. The van der Waals surface area contributed by atoms with E-state index in [-0.39, 0.29) is 24.5 Å². The molecule has 0 saturated heterocycles. The molecule has 2 nitrogen and oxygen atoms in total. The van der Waals surface area contributed by atoms with Gasteiger partial charge in [-0.05, 0) is 18.2 Å². The van der Waals surface area contributed by atoms with Crippen LogP contribution >= 0.6 is 0 Å². The fourth-order valence-corrected chi connectivity index (χ4v) is 1.67. The summed E-state index contributed by atoms with van der Waals surface area (Å²) in [5.41, 5.74) is 0.364. The third-order valence-corrected chi connectivity index (χ3v) is 2.66. The Bertz CT molecular complexity index is 702. The molecule has 0 saturated carbocycles. The van der Waals surface area contributed by atoms with E-state index >= 15 is 0 Å². The lowest BCUT2D eigenvalue weighted by Crippen LogP contribution is -2.02. The number of benzene rings is 2. The molecule has 2 aromatic rings. The summed E-state index contributed by atoms with van der Waals surface area (Å²) in [5, 5.41) is 8.67. The molecule has 0 heterocycles. The van der Waals surface area contributed by atoms with E-state index in [1.54, 1.807) is 0 Å². The van der Waals surface area contributed by atoms with Crippen LogP contribution in [0.2, 0.25) is 0 Å². The first kappa shape index (κ1) is 14.9. The van der Waals surface area contributed by atoms with Gasteiger partial charge in [-0.15, -0.1) is 0 Å². The first-order valence-electron chi connectivity index (χ1n) is 6.07. The van der Waals surface area contributed by atoms with E-state index in [2.05, 4.69) is 11.8 Å². The number of hydrogen-bond donors (Lipinski definition) is 1. The standard InChI is InChI=1S/C16H11F3O2/c17-13-7-6-11(4-2-8-20)15(9-13)21-10-12-3-1-5-14(18)16(12)19/h1,3,5-7,9,20H,8,10H2. The Kier molecular flexibility index (Phi) is 4.85. The molecule has 5 heteroatoms. The Morgan fingerprint density at radius 3 is 2.67 bits per heavy atom. The zero-order valence-electron chi connectivity index (χ0n) is 10.9. The highest BCUT2D eigenvalue weighted by atomic mass is 19.2. The van der Waals surface area contributed by atoms with Gasteiger partial charge in [-0.25, -0.2) is 13.2 Å². The molecular weight excluding hydrogens is 281 g/mol. The van der Waals surface area contributed by atoms with E-state index in [1.165, 1.54) is 24.3 Å². The Balaban J connectivity index is 2.23. The van der Waals surface area contributed by atoms with Gasteiger partial charge >= 0.3 is 0 Å². The smallest absolute Gasteiger partial charge is 0.165 e. The van der Waals surface area contributed by atoms with Gasteiger partial charge in [-0.1, -0.05) is 24.0 Å². The maximum atomic E-state index is 13.5. The second-order valence-electron chi connectivity index (χ2n) is 4.10. The van der Waals surface area contributed by atoms with Gasteiger partial charge in [0.1, 0.15) is 24.8 Å². The fraction of sp³-hybridized carbons (Fsp3) is 0.125. The van der Waals surface area contributed by atoms with Crippen molar-refractivity contribution in [2.24, 2.45) is 0 Å². The van der Waals surface area contributed by atoms with E-state index in [0.29, 0.717) is 5.56 Å². The predicted molar refractivity (Wildman–Crippen MR) is 71.1 cm³/mol. The van der Waals surface area contributed by atoms with Gasteiger partial charge in [0.15, 0.2) is 11.6 Å². The fourth-order valence-electron chi connectivity index (χ4n) is 1.67. The molecule has 0 aliphatic rings. The summed E-state index contributed by atoms with van der Waals surface area (Å²) in [6.45, 7) is -0.615. The van der Waals surface area contributed by atoms with Gasteiger partial charge < -0.3 is 9.84 Å². The van der Waals surface area contributed by atoms with Gasteiger partial charge in [0.2, 0.25) is 0 Å². The topological polar surface area (TPSA) is 29.5 Å². The van der Waals surface area contributed by atoms with Crippen LogP contribution in [0.25, 0.3) is 0 Å². The minimum atomic E-state index is -1.00. The summed E-state index contributed by atoms with van der Waals surface area (Å²) in [5.74, 6) is 2.58. The third kappa shape index (κ3) is 3.77. The molecule has 0 atom stereocenters. The minimum Gasteiger partial charge on any atom is -0.487 e. The second-order valence-corrected chi connectivity index (χ2v) is 4.10. The quantitative estimate of drug-likeness (QED) is 0.881. The van der Waals surface area contributed by atoms with Crippen molar-refractivity contribution in [1.29, 1.82) is 0 Å². The van der Waals surface area contributed by atoms with Gasteiger partial charge in [0.05, 0.1) is 5.56 Å². The summed E-state index contributed by atoms with van der Waals surface area (Å²) in [7, 11) is 0. The van der Waals surface area contributed by atoms with Crippen LogP contribution in [-0.4, -0.2) is 11.7 Å². The van der Waals surface area contributed by atoms with Crippen molar-refractivity contribution in [3.05, 3.63) is 65.0 Å². The Morgan fingerprint density at radius 1 is 1.10 bits per heavy atom. The molecular formula is C16H11F3O2. The highest BCUT2D eigenvalue weighted by molar-refractivity contribution is 5.46. The lowest BCUT2D eigenvalue weighted by atomic mass is 10.2. The lowest BCUT2D eigenvalue weighted by Gasteiger charge is -2.09. The van der Waals surface area contributed by atoms with Crippen molar-refractivity contribution in [2.45, 2.75) is 6.61 Å². The first-order chi connectivity index (χ1) is 10.1. The summed E-state index contributed by atoms with van der Waals surface area (Å²) in [4.78, 5) is 0. The lowest BCUT2D eigenvalue weighted by molar-refractivity contribution is 0.295. The van der Waals surface area contributed by atoms with E-state index in [1.807, 2.05) is 0 Å². The molecule has 0 aliphatic heterocycles. The predicted octanol–water partition coefficient (Wildman–Crippen LogP) is 3.03. The number of ether oxygens (including phenoxy) is 1. The molecule has 0 unspecified atom stereocenters. The summed E-state index contributed by atoms with van der Waals surface area (Å²) < 4.78 is 45.1. The first-order valence-corrected chi connectivity index (χ1v) is 6.07. The SMILES string of the molecule is OCC#Cc1ccc(F)cc1OCc1cccc(F)c1F. The van der Waals surface area contributed by atoms with Crippen LogP contribution in [0.4, 0.5) is 13.2 Å². The molecule has 1 N–H and O–H groups in total. The highest BCUT2D eigenvalue weighted by Crippen LogP contribution is 2.21. The van der Waals surface area contributed by atoms with Crippen LogP contribution in [0.15, 0.2) is 36.4 Å². The summed E-state index contributed by atoms with van der Waals surface area (Å²) in [6, 6.07) is 7.40. The summed E-state index contributed by atoms with van der Waals surface area (Å²) in [6.07, 6.45) is 0. The van der Waals surface area contributed by atoms with Crippen LogP contribution in [0, 0.1) is 29.3 Å². The van der Waals surface area contributed by atoms with Crippen molar-refractivity contribution in [1.82, 2.24) is 0 Å². The number of rotatable bonds is 3. The minimum absolute atomic E-state index is 0.0142. The monoisotopic (exact) mass is 292 g/mol. The maximum Gasteiger partial charge on any atom is 0.165 e. The largest absolute Gasteiger partial charge is 0.487 e. The normalized spacial score (nSPS) is 9.90. The number of aliphatic hydroxyl groups is 1. The molecule has 0 amide bonds. The molecule has 0 aliphatic carbocycles. The number of hydrogen-bond acceptors (Lipinski definition) is 2. The van der Waals surface area contributed by atoms with Crippen LogP contribution in [0.3, 0.4) is 0 Å². The Labute approximate surface area is 119 Å². The van der Waals surface area contributed by atoms with Crippen LogP contribution in [-0.2, 0) is 6.61 Å². The molecule has 0 fully saturated rings. The molecule has 108 valence electrons. The van der Waals surface area contributed by atoms with Crippen molar-refractivity contribution in [3.8, 4) is 17.6 Å². The molecule has 0 spiro atoms. The maximum absolute atomic E-state index is 13.5. The molecule has 0 radical (unpaired) electrons. The van der Waals surface area contributed by atoms with Crippen molar-refractivity contribution >= 4 is 0 Å². The zero-order chi connectivity index (χ0) is 15.2.